The number of hydrogen-bond acceptors (Lipinski definition) is 7. The fourth-order valence-corrected chi connectivity index (χ4v) is 3.14. The lowest BCUT2D eigenvalue weighted by atomic mass is 10.1. The van der Waals surface area contributed by atoms with Crippen molar-refractivity contribution in [2.45, 2.75) is 32.6 Å². The highest BCUT2D eigenvalue weighted by Crippen LogP contribution is 2.38. The van der Waals surface area contributed by atoms with Crippen molar-refractivity contribution in [1.29, 1.82) is 0 Å². The van der Waals surface area contributed by atoms with Crippen molar-refractivity contribution >= 4 is 17.7 Å². The van der Waals surface area contributed by atoms with Crippen LogP contribution in [0.3, 0.4) is 0 Å². The number of nitrogens with one attached hydrogen (secondary N) is 3. The zero-order valence-corrected chi connectivity index (χ0v) is 20.6. The Hall–Kier alpha value is -3.95. The quantitative estimate of drug-likeness (QED) is 0.293. The topological polar surface area (TPSA) is 124 Å². The summed E-state index contributed by atoms with van der Waals surface area (Å²) in [5, 5.41) is 2.47. The van der Waals surface area contributed by atoms with Gasteiger partial charge in [-0.2, -0.15) is 0 Å². The van der Waals surface area contributed by atoms with Crippen LogP contribution >= 0.6 is 0 Å². The molecular formula is C25H33N3O7. The first-order chi connectivity index (χ1) is 16.9. The molecule has 10 heteroatoms. The second-order valence-electron chi connectivity index (χ2n) is 7.53. The van der Waals surface area contributed by atoms with Crippen LogP contribution in [0.2, 0.25) is 0 Å². The van der Waals surface area contributed by atoms with E-state index in [1.165, 1.54) is 46.3 Å². The number of rotatable bonds is 13. The molecule has 0 bridgehead atoms. The van der Waals surface area contributed by atoms with Crippen molar-refractivity contribution in [2.24, 2.45) is 0 Å². The Morgan fingerprint density at radius 2 is 1.43 bits per heavy atom. The third-order valence-corrected chi connectivity index (χ3v) is 5.03. The van der Waals surface area contributed by atoms with Crippen LogP contribution in [0.25, 0.3) is 0 Å². The van der Waals surface area contributed by atoms with E-state index in [1.54, 1.807) is 24.3 Å². The van der Waals surface area contributed by atoms with E-state index in [4.69, 9.17) is 18.9 Å². The Kier molecular flexibility index (Phi) is 11.2. The minimum atomic E-state index is -0.605. The van der Waals surface area contributed by atoms with Gasteiger partial charge in [0.25, 0.3) is 17.7 Å². The van der Waals surface area contributed by atoms with Crippen LogP contribution < -0.4 is 35.1 Å². The van der Waals surface area contributed by atoms with Crippen molar-refractivity contribution in [3.05, 3.63) is 47.5 Å². The predicted molar refractivity (Wildman–Crippen MR) is 130 cm³/mol. The number of carbonyl (C=O) groups is 3. The van der Waals surface area contributed by atoms with Crippen LogP contribution in [0.15, 0.2) is 36.4 Å². The lowest BCUT2D eigenvalue weighted by Crippen LogP contribution is -2.46. The largest absolute Gasteiger partial charge is 0.494 e. The molecular weight excluding hydrogens is 454 g/mol. The molecule has 0 fully saturated rings. The molecule has 190 valence electrons. The van der Waals surface area contributed by atoms with Crippen molar-refractivity contribution in [2.75, 3.05) is 34.5 Å². The van der Waals surface area contributed by atoms with Crippen LogP contribution in [-0.4, -0.2) is 52.2 Å². The summed E-state index contributed by atoms with van der Waals surface area (Å²) in [5.41, 5.74) is 5.14. The standard InChI is InChI=1S/C25H33N3O7/c1-5-6-7-8-13-35-19-11-9-17(10-12-19)25(31)28-27-22(29)16-26-24(30)18-14-20(32-2)23(34-4)21(15-18)33-3/h9-12,14-15H,5-8,13,16H2,1-4H3,(H,26,30)(H,27,29)(H,28,31). The van der Waals surface area contributed by atoms with E-state index >= 15 is 0 Å². The summed E-state index contributed by atoms with van der Waals surface area (Å²) < 4.78 is 21.3. The second-order valence-corrected chi connectivity index (χ2v) is 7.53. The smallest absolute Gasteiger partial charge is 0.269 e. The fraction of sp³-hybridized carbons (Fsp3) is 0.400. The van der Waals surface area contributed by atoms with Gasteiger partial charge in [-0.3, -0.25) is 25.2 Å². The molecule has 3 amide bonds. The predicted octanol–water partition coefficient (Wildman–Crippen LogP) is 2.86. The van der Waals surface area contributed by atoms with E-state index in [0.717, 1.165) is 12.8 Å². The highest BCUT2D eigenvalue weighted by Gasteiger charge is 2.17. The van der Waals surface area contributed by atoms with Gasteiger partial charge in [0.15, 0.2) is 11.5 Å². The van der Waals surface area contributed by atoms with Gasteiger partial charge in [-0.25, -0.2) is 0 Å². The molecule has 3 N–H and O–H groups in total. The van der Waals surface area contributed by atoms with Gasteiger partial charge in [-0.05, 0) is 42.8 Å². The maximum Gasteiger partial charge on any atom is 0.269 e. The minimum Gasteiger partial charge on any atom is -0.494 e. The van der Waals surface area contributed by atoms with Gasteiger partial charge in [0.05, 0.1) is 34.5 Å². The summed E-state index contributed by atoms with van der Waals surface area (Å²) >= 11 is 0. The molecule has 0 spiro atoms. The SMILES string of the molecule is CCCCCCOc1ccc(C(=O)NNC(=O)CNC(=O)c2cc(OC)c(OC)c(OC)c2)cc1. The zero-order valence-electron chi connectivity index (χ0n) is 20.6. The van der Waals surface area contributed by atoms with Crippen LogP contribution in [0, 0.1) is 0 Å². The highest BCUT2D eigenvalue weighted by molar-refractivity contribution is 5.98. The van der Waals surface area contributed by atoms with Gasteiger partial charge in [-0.15, -0.1) is 0 Å². The maximum atomic E-state index is 12.5. The van der Waals surface area contributed by atoms with Gasteiger partial charge >= 0.3 is 0 Å². The highest BCUT2D eigenvalue weighted by atomic mass is 16.5. The summed E-state index contributed by atoms with van der Waals surface area (Å²) in [6.07, 6.45) is 4.46. The third kappa shape index (κ3) is 8.40. The zero-order chi connectivity index (χ0) is 25.6. The molecule has 0 saturated carbocycles. The number of hydrazine groups is 1. The van der Waals surface area contributed by atoms with Crippen molar-refractivity contribution in [3.8, 4) is 23.0 Å². The van der Waals surface area contributed by atoms with E-state index in [-0.39, 0.29) is 12.1 Å². The van der Waals surface area contributed by atoms with Crippen LogP contribution in [0.5, 0.6) is 23.0 Å². The number of methoxy groups -OCH3 is 3. The summed E-state index contributed by atoms with van der Waals surface area (Å²) in [4.78, 5) is 36.8. The van der Waals surface area contributed by atoms with E-state index < -0.39 is 17.7 Å². The molecule has 0 atom stereocenters. The normalized spacial score (nSPS) is 10.2. The Labute approximate surface area is 205 Å². The van der Waals surface area contributed by atoms with Crippen molar-refractivity contribution in [1.82, 2.24) is 16.2 Å². The molecule has 2 aromatic carbocycles. The molecule has 0 aliphatic heterocycles. The van der Waals surface area contributed by atoms with Gasteiger partial charge in [0, 0.05) is 11.1 Å². The average molecular weight is 488 g/mol. The lowest BCUT2D eigenvalue weighted by molar-refractivity contribution is -0.120. The molecule has 0 saturated heterocycles. The first-order valence-electron chi connectivity index (χ1n) is 11.3. The van der Waals surface area contributed by atoms with Gasteiger partial charge in [-0.1, -0.05) is 26.2 Å². The number of hydrogen-bond donors (Lipinski definition) is 3. The number of carbonyl (C=O) groups excluding carboxylic acids is 3. The van der Waals surface area contributed by atoms with E-state index in [1.807, 2.05) is 0 Å². The average Bonchev–Trinajstić information content (AvgIpc) is 2.89. The first-order valence-corrected chi connectivity index (χ1v) is 11.3. The minimum absolute atomic E-state index is 0.212. The van der Waals surface area contributed by atoms with Gasteiger partial charge < -0.3 is 24.3 Å². The molecule has 0 unspecified atom stereocenters. The molecule has 2 aromatic rings. The summed E-state index contributed by atoms with van der Waals surface area (Å²) in [7, 11) is 4.32. The summed E-state index contributed by atoms with van der Waals surface area (Å²) in [6, 6.07) is 9.55. The Morgan fingerprint density at radius 1 is 0.771 bits per heavy atom. The molecule has 0 aromatic heterocycles. The monoisotopic (exact) mass is 487 g/mol. The lowest BCUT2D eigenvalue weighted by Gasteiger charge is -2.14. The molecule has 2 rings (SSSR count). The number of amides is 3. The third-order valence-electron chi connectivity index (χ3n) is 5.03. The van der Waals surface area contributed by atoms with Gasteiger partial charge in [0.1, 0.15) is 5.75 Å². The second kappa shape index (κ2) is 14.3. The van der Waals surface area contributed by atoms with Crippen LogP contribution in [-0.2, 0) is 4.79 Å². The molecule has 10 nitrogen and oxygen atoms in total. The molecule has 0 radical (unpaired) electrons. The molecule has 0 aliphatic rings. The number of benzene rings is 2. The first kappa shape index (κ1) is 27.3. The van der Waals surface area contributed by atoms with E-state index in [9.17, 15) is 14.4 Å². The van der Waals surface area contributed by atoms with E-state index in [0.29, 0.717) is 35.2 Å². The molecule has 0 heterocycles. The Balaban J connectivity index is 1.80. The fourth-order valence-electron chi connectivity index (χ4n) is 3.14. The molecule has 0 aliphatic carbocycles. The number of unbranched alkanes of at least 4 members (excludes halogenated alkanes) is 3. The van der Waals surface area contributed by atoms with Crippen LogP contribution in [0.1, 0.15) is 53.3 Å². The number of ether oxygens (including phenoxy) is 4. The van der Waals surface area contributed by atoms with Crippen LogP contribution in [0.4, 0.5) is 0 Å². The summed E-state index contributed by atoms with van der Waals surface area (Å²) in [5.74, 6) is 0.00408. The van der Waals surface area contributed by atoms with Gasteiger partial charge in [0.2, 0.25) is 5.75 Å². The van der Waals surface area contributed by atoms with Crippen molar-refractivity contribution < 1.29 is 33.3 Å². The molecule has 35 heavy (non-hydrogen) atoms. The summed E-state index contributed by atoms with van der Waals surface area (Å²) in [6.45, 7) is 2.42. The Morgan fingerprint density at radius 3 is 2.00 bits per heavy atom. The maximum absolute atomic E-state index is 12.5. The Bertz CT molecular complexity index is 968. The van der Waals surface area contributed by atoms with E-state index in [2.05, 4.69) is 23.1 Å². The van der Waals surface area contributed by atoms with Crippen molar-refractivity contribution in [3.63, 3.8) is 0 Å².